The van der Waals surface area contributed by atoms with E-state index in [0.717, 1.165) is 5.69 Å². The normalized spacial score (nSPS) is 11.8. The highest BCUT2D eigenvalue weighted by molar-refractivity contribution is 7.26. The zero-order valence-electron chi connectivity index (χ0n) is 31.6. The van der Waals surface area contributed by atoms with Crippen molar-refractivity contribution in [2.24, 2.45) is 0 Å². The number of aromatic nitrogens is 1. The Bertz CT molecular complexity index is 3440. The fraction of sp³-hybridized carbons (Fsp3) is 0. The number of hydrogen-bond donors (Lipinski definition) is 0. The summed E-state index contributed by atoms with van der Waals surface area (Å²) < 4.78 is 5.14. The van der Waals surface area contributed by atoms with E-state index >= 15 is 0 Å². The molecule has 0 amide bonds. The largest absolute Gasteiger partial charge is 0.309 e. The Hall–Kier alpha value is -7.26. The lowest BCUT2D eigenvalue weighted by Crippen LogP contribution is -1.98. The molecule has 270 valence electrons. The third kappa shape index (κ3) is 5.09. The molecule has 0 aliphatic carbocycles. The van der Waals surface area contributed by atoms with Crippen LogP contribution in [0.1, 0.15) is 0 Å². The molecule has 12 aromatic rings. The van der Waals surface area contributed by atoms with Crippen molar-refractivity contribution in [2.45, 2.75) is 0 Å². The molecule has 2 heteroatoms. The monoisotopic (exact) mass is 753 g/mol. The lowest BCUT2D eigenvalue weighted by atomic mass is 9.92. The first-order valence-electron chi connectivity index (χ1n) is 19.9. The SMILES string of the molecule is c1ccc(-c2cccc3c2sc2ccccc23)c(-c2ccccc2-n2c3ccc(-c4cccc5ccccc45)cc3c3cc(-c4cccc5ccccc45)ccc32)c1. The van der Waals surface area contributed by atoms with Gasteiger partial charge in [0.25, 0.3) is 0 Å². The van der Waals surface area contributed by atoms with Gasteiger partial charge < -0.3 is 4.57 Å². The van der Waals surface area contributed by atoms with Crippen LogP contribution in [0.25, 0.3) is 114 Å². The van der Waals surface area contributed by atoms with Gasteiger partial charge in [-0.1, -0.05) is 176 Å². The first kappa shape index (κ1) is 32.9. The van der Waals surface area contributed by atoms with E-state index < -0.39 is 0 Å². The lowest BCUT2D eigenvalue weighted by molar-refractivity contribution is 1.18. The summed E-state index contributed by atoms with van der Waals surface area (Å²) in [4.78, 5) is 0. The van der Waals surface area contributed by atoms with Gasteiger partial charge in [-0.2, -0.15) is 0 Å². The highest BCUT2D eigenvalue weighted by Crippen LogP contribution is 2.45. The summed E-state index contributed by atoms with van der Waals surface area (Å²) in [5, 5.41) is 10.1. The molecule has 0 fully saturated rings. The third-order valence-corrected chi connectivity index (χ3v) is 13.2. The van der Waals surface area contributed by atoms with Crippen LogP contribution in [0.3, 0.4) is 0 Å². The maximum absolute atomic E-state index is 2.50. The highest BCUT2D eigenvalue weighted by atomic mass is 32.1. The Balaban J connectivity index is 1.12. The Morgan fingerprint density at radius 1 is 0.293 bits per heavy atom. The van der Waals surface area contributed by atoms with Crippen molar-refractivity contribution >= 4 is 74.9 Å². The molecule has 0 bridgehead atoms. The Kier molecular flexibility index (Phi) is 7.47. The number of hydrogen-bond acceptors (Lipinski definition) is 1. The molecule has 2 heterocycles. The minimum Gasteiger partial charge on any atom is -0.309 e. The molecule has 0 unspecified atom stereocenters. The Morgan fingerprint density at radius 3 is 1.40 bits per heavy atom. The van der Waals surface area contributed by atoms with Gasteiger partial charge in [0, 0.05) is 42.1 Å². The van der Waals surface area contributed by atoms with Crippen LogP contribution in [0, 0.1) is 0 Å². The molecule has 0 aliphatic heterocycles. The van der Waals surface area contributed by atoms with E-state index in [1.165, 1.54) is 108 Å². The predicted octanol–water partition coefficient (Wildman–Crippen LogP) is 16.1. The predicted molar refractivity (Wildman–Crippen MR) is 250 cm³/mol. The van der Waals surface area contributed by atoms with Crippen molar-refractivity contribution in [1.29, 1.82) is 0 Å². The number of rotatable bonds is 5. The standard InChI is InChI=1S/C56H35NS/c1-3-18-40-36(14-1)16-11-24-42(40)38-30-32-53-50(34-38)51-35-39(43-25-12-17-37-15-2-4-19-41(37)43)31-33-54(51)57(53)52-28-9-7-22-46(52)44-20-5-6-21-45(44)48-26-13-27-49-47-23-8-10-29-55(47)58-56(48)49/h1-35H. The van der Waals surface area contributed by atoms with Gasteiger partial charge in [0.1, 0.15) is 0 Å². The van der Waals surface area contributed by atoms with Crippen molar-refractivity contribution in [3.63, 3.8) is 0 Å². The van der Waals surface area contributed by atoms with Gasteiger partial charge >= 0.3 is 0 Å². The number of benzene rings is 10. The summed E-state index contributed by atoms with van der Waals surface area (Å²) in [7, 11) is 0. The van der Waals surface area contributed by atoms with Crippen molar-refractivity contribution in [3.8, 4) is 50.2 Å². The van der Waals surface area contributed by atoms with Gasteiger partial charge in [0.15, 0.2) is 0 Å². The van der Waals surface area contributed by atoms with Crippen LogP contribution in [-0.4, -0.2) is 4.57 Å². The minimum atomic E-state index is 1.16. The summed E-state index contributed by atoms with van der Waals surface area (Å²) in [6.45, 7) is 0. The number of nitrogens with zero attached hydrogens (tertiary/aromatic N) is 1. The minimum absolute atomic E-state index is 1.16. The molecule has 1 nitrogen and oxygen atoms in total. The first-order valence-corrected chi connectivity index (χ1v) is 20.7. The quantitative estimate of drug-likeness (QED) is 0.165. The molecule has 0 aliphatic rings. The van der Waals surface area contributed by atoms with Gasteiger partial charge in [-0.05, 0) is 91.3 Å². The van der Waals surface area contributed by atoms with E-state index in [0.29, 0.717) is 0 Å². The molecule has 58 heavy (non-hydrogen) atoms. The molecule has 0 radical (unpaired) electrons. The van der Waals surface area contributed by atoms with Crippen molar-refractivity contribution in [3.05, 3.63) is 212 Å². The zero-order valence-corrected chi connectivity index (χ0v) is 32.4. The fourth-order valence-electron chi connectivity index (χ4n) is 9.38. The average Bonchev–Trinajstić information content (AvgIpc) is 3.84. The van der Waals surface area contributed by atoms with Crippen LogP contribution in [-0.2, 0) is 0 Å². The topological polar surface area (TPSA) is 4.93 Å². The molecule has 12 rings (SSSR count). The summed E-state index contributed by atoms with van der Waals surface area (Å²) in [6.07, 6.45) is 0. The number of thiophene rings is 1. The molecular formula is C56H35NS. The van der Waals surface area contributed by atoms with Gasteiger partial charge in [-0.15, -0.1) is 11.3 Å². The fourth-order valence-corrected chi connectivity index (χ4v) is 10.6. The molecule has 10 aromatic carbocycles. The molecule has 0 N–H and O–H groups in total. The Labute approximate surface area is 340 Å². The van der Waals surface area contributed by atoms with E-state index in [-0.39, 0.29) is 0 Å². The van der Waals surface area contributed by atoms with E-state index in [1.54, 1.807) is 0 Å². The van der Waals surface area contributed by atoms with Gasteiger partial charge in [0.05, 0.1) is 16.7 Å². The second kappa shape index (κ2) is 13.2. The van der Waals surface area contributed by atoms with Crippen LogP contribution in [0.5, 0.6) is 0 Å². The smallest absolute Gasteiger partial charge is 0.0541 e. The third-order valence-electron chi connectivity index (χ3n) is 12.0. The molecule has 2 aromatic heterocycles. The molecule has 0 spiro atoms. The second-order valence-corrected chi connectivity index (χ2v) is 16.2. The molecular weight excluding hydrogens is 719 g/mol. The van der Waals surface area contributed by atoms with Crippen LogP contribution in [0.2, 0.25) is 0 Å². The molecule has 0 saturated carbocycles. The second-order valence-electron chi connectivity index (χ2n) is 15.2. The van der Waals surface area contributed by atoms with Crippen LogP contribution in [0.4, 0.5) is 0 Å². The van der Waals surface area contributed by atoms with Gasteiger partial charge in [-0.25, -0.2) is 0 Å². The van der Waals surface area contributed by atoms with E-state index in [4.69, 9.17) is 0 Å². The summed E-state index contributed by atoms with van der Waals surface area (Å²) in [6, 6.07) is 78.3. The first-order chi connectivity index (χ1) is 28.8. The van der Waals surface area contributed by atoms with E-state index in [9.17, 15) is 0 Å². The van der Waals surface area contributed by atoms with Crippen LogP contribution < -0.4 is 0 Å². The lowest BCUT2D eigenvalue weighted by Gasteiger charge is -2.17. The van der Waals surface area contributed by atoms with Crippen molar-refractivity contribution < 1.29 is 0 Å². The highest BCUT2D eigenvalue weighted by Gasteiger charge is 2.20. The molecule has 0 atom stereocenters. The van der Waals surface area contributed by atoms with E-state index in [2.05, 4.69) is 217 Å². The number of para-hydroxylation sites is 1. The van der Waals surface area contributed by atoms with Gasteiger partial charge in [0.2, 0.25) is 0 Å². The van der Waals surface area contributed by atoms with Crippen LogP contribution in [0.15, 0.2) is 212 Å². The summed E-state index contributed by atoms with van der Waals surface area (Å²) >= 11 is 1.89. The van der Waals surface area contributed by atoms with Crippen molar-refractivity contribution in [1.82, 2.24) is 4.57 Å². The summed E-state index contributed by atoms with van der Waals surface area (Å²) in [5.74, 6) is 0. The van der Waals surface area contributed by atoms with Crippen molar-refractivity contribution in [2.75, 3.05) is 0 Å². The van der Waals surface area contributed by atoms with Gasteiger partial charge in [-0.3, -0.25) is 0 Å². The average molecular weight is 754 g/mol. The van der Waals surface area contributed by atoms with Crippen LogP contribution >= 0.6 is 11.3 Å². The zero-order chi connectivity index (χ0) is 38.2. The maximum atomic E-state index is 2.50. The van der Waals surface area contributed by atoms with E-state index in [1.807, 2.05) is 11.3 Å². The number of fused-ring (bicyclic) bond motifs is 8. The summed E-state index contributed by atoms with van der Waals surface area (Å²) in [5.41, 5.74) is 13.4. The molecule has 0 saturated heterocycles. The Morgan fingerprint density at radius 2 is 0.741 bits per heavy atom. The maximum Gasteiger partial charge on any atom is 0.0541 e.